The van der Waals surface area contributed by atoms with Crippen LogP contribution in [-0.4, -0.2) is 27.8 Å². The highest BCUT2D eigenvalue weighted by Gasteiger charge is 2.28. The lowest BCUT2D eigenvalue weighted by Gasteiger charge is -2.27. The van der Waals surface area contributed by atoms with Crippen LogP contribution in [0.3, 0.4) is 0 Å². The van der Waals surface area contributed by atoms with Crippen LogP contribution >= 0.6 is 0 Å². The number of nitrogens with zero attached hydrogens (tertiary/aromatic N) is 3. The maximum Gasteiger partial charge on any atom is 0.301 e. The first-order valence-electron chi connectivity index (χ1n) is 8.22. The van der Waals surface area contributed by atoms with Crippen molar-refractivity contribution in [2.75, 3.05) is 12.0 Å². The minimum Gasteiger partial charge on any atom is -0.369 e. The van der Waals surface area contributed by atoms with E-state index in [0.29, 0.717) is 12.3 Å². The summed E-state index contributed by atoms with van der Waals surface area (Å²) in [6.45, 7) is 6.00. The van der Waals surface area contributed by atoms with E-state index in [1.165, 1.54) is 12.1 Å². The van der Waals surface area contributed by atoms with Gasteiger partial charge in [0, 0.05) is 18.2 Å². The maximum atomic E-state index is 11.3. The molecule has 2 aromatic carbocycles. The first-order valence-corrected chi connectivity index (χ1v) is 8.22. The van der Waals surface area contributed by atoms with Crippen LogP contribution in [0.15, 0.2) is 53.6 Å². The zero-order chi connectivity index (χ0) is 20.0. The molecule has 0 saturated carbocycles. The van der Waals surface area contributed by atoms with Crippen LogP contribution in [0, 0.1) is 20.2 Å². The first-order chi connectivity index (χ1) is 12.8. The SMILES string of the molecule is CCOC(C)(C)C(=NNc1ccc([N+](=O)[O-])cc1[N+](=O)[O-])c1ccccc1. The molecule has 2 aromatic rings. The summed E-state index contributed by atoms with van der Waals surface area (Å²) in [5, 5.41) is 26.5. The molecule has 9 heteroatoms. The monoisotopic (exact) mass is 372 g/mol. The number of anilines is 1. The summed E-state index contributed by atoms with van der Waals surface area (Å²) in [7, 11) is 0. The predicted octanol–water partition coefficient (Wildman–Crippen LogP) is 4.13. The number of ether oxygens (including phenoxy) is 1. The minimum atomic E-state index is -0.765. The highest BCUT2D eigenvalue weighted by molar-refractivity contribution is 6.06. The Morgan fingerprint density at radius 3 is 2.33 bits per heavy atom. The average molecular weight is 372 g/mol. The minimum absolute atomic E-state index is 0.0475. The van der Waals surface area contributed by atoms with Crippen molar-refractivity contribution in [2.45, 2.75) is 26.4 Å². The lowest BCUT2D eigenvalue weighted by atomic mass is 9.95. The smallest absolute Gasteiger partial charge is 0.301 e. The largest absolute Gasteiger partial charge is 0.369 e. The van der Waals surface area contributed by atoms with E-state index >= 15 is 0 Å². The topological polar surface area (TPSA) is 120 Å². The Kier molecular flexibility index (Phi) is 6.19. The Bertz CT molecular complexity index is 865. The highest BCUT2D eigenvalue weighted by Crippen LogP contribution is 2.29. The molecular weight excluding hydrogens is 352 g/mol. The van der Waals surface area contributed by atoms with Crippen LogP contribution in [0.25, 0.3) is 0 Å². The number of nitro benzene ring substituents is 2. The molecule has 1 N–H and O–H groups in total. The average Bonchev–Trinajstić information content (AvgIpc) is 2.62. The number of non-ortho nitro benzene ring substituents is 1. The lowest BCUT2D eigenvalue weighted by molar-refractivity contribution is -0.393. The Hall–Kier alpha value is -3.33. The molecule has 2 rings (SSSR count). The van der Waals surface area contributed by atoms with Gasteiger partial charge in [-0.2, -0.15) is 5.10 Å². The lowest BCUT2D eigenvalue weighted by Crippen LogP contribution is -2.36. The van der Waals surface area contributed by atoms with Crippen LogP contribution in [0.2, 0.25) is 0 Å². The number of nitrogens with one attached hydrogen (secondary N) is 1. The van der Waals surface area contributed by atoms with Crippen LogP contribution in [0.5, 0.6) is 0 Å². The second-order valence-electron chi connectivity index (χ2n) is 6.10. The third kappa shape index (κ3) is 4.85. The van der Waals surface area contributed by atoms with Crippen LogP contribution < -0.4 is 5.43 Å². The van der Waals surface area contributed by atoms with Crippen molar-refractivity contribution < 1.29 is 14.6 Å². The molecule has 0 spiro atoms. The summed E-state index contributed by atoms with van der Waals surface area (Å²) in [4.78, 5) is 20.8. The summed E-state index contributed by atoms with van der Waals surface area (Å²) in [6.07, 6.45) is 0. The number of hydrazone groups is 1. The van der Waals surface area contributed by atoms with Gasteiger partial charge in [0.1, 0.15) is 11.3 Å². The molecule has 0 fully saturated rings. The summed E-state index contributed by atoms with van der Waals surface area (Å²) in [6, 6.07) is 12.6. The van der Waals surface area contributed by atoms with E-state index in [2.05, 4.69) is 10.5 Å². The molecule has 0 heterocycles. The molecule has 0 aromatic heterocycles. The molecule has 0 aliphatic heterocycles. The molecule has 0 aliphatic rings. The quantitative estimate of drug-likeness (QED) is 0.422. The van der Waals surface area contributed by atoms with Gasteiger partial charge < -0.3 is 4.74 Å². The molecule has 0 saturated heterocycles. The summed E-state index contributed by atoms with van der Waals surface area (Å²) in [5.74, 6) is 0. The standard InChI is InChI=1S/C18H20N4O5/c1-4-27-18(2,3)17(13-8-6-5-7-9-13)20-19-15-11-10-14(21(23)24)12-16(15)22(25)26/h5-12,19H,4H2,1-3H3. The third-order valence-corrected chi connectivity index (χ3v) is 3.80. The van der Waals surface area contributed by atoms with E-state index in [9.17, 15) is 20.2 Å². The molecule has 9 nitrogen and oxygen atoms in total. The van der Waals surface area contributed by atoms with Gasteiger partial charge in [-0.3, -0.25) is 25.7 Å². The Morgan fingerprint density at radius 1 is 1.11 bits per heavy atom. The maximum absolute atomic E-state index is 11.3. The predicted molar refractivity (Wildman–Crippen MR) is 102 cm³/mol. The summed E-state index contributed by atoms with van der Waals surface area (Å²) in [5.41, 5.74) is 2.47. The Labute approximate surface area is 156 Å². The molecule has 0 atom stereocenters. The normalized spacial score (nSPS) is 11.9. The van der Waals surface area contributed by atoms with Crippen molar-refractivity contribution in [1.29, 1.82) is 0 Å². The van der Waals surface area contributed by atoms with Crippen LogP contribution in [0.1, 0.15) is 26.3 Å². The van der Waals surface area contributed by atoms with Gasteiger partial charge in [-0.15, -0.1) is 0 Å². The molecular formula is C18H20N4O5. The van der Waals surface area contributed by atoms with Gasteiger partial charge in [0.05, 0.1) is 21.6 Å². The Morgan fingerprint density at radius 2 is 1.78 bits per heavy atom. The second kappa shape index (κ2) is 8.37. The number of hydrogen-bond acceptors (Lipinski definition) is 7. The number of rotatable bonds is 8. The van der Waals surface area contributed by atoms with E-state index in [1.807, 2.05) is 51.1 Å². The number of hydrogen-bond donors (Lipinski definition) is 1. The zero-order valence-electron chi connectivity index (χ0n) is 15.2. The fourth-order valence-corrected chi connectivity index (χ4v) is 2.57. The molecule has 142 valence electrons. The van der Waals surface area contributed by atoms with Crippen molar-refractivity contribution in [3.8, 4) is 0 Å². The van der Waals surface area contributed by atoms with Gasteiger partial charge >= 0.3 is 5.69 Å². The molecule has 0 unspecified atom stereocenters. The van der Waals surface area contributed by atoms with Gasteiger partial charge in [-0.05, 0) is 26.8 Å². The fourth-order valence-electron chi connectivity index (χ4n) is 2.57. The summed E-state index contributed by atoms with van der Waals surface area (Å²) >= 11 is 0. The Balaban J connectivity index is 2.47. The van der Waals surface area contributed by atoms with Crippen LogP contribution in [0.4, 0.5) is 17.1 Å². The summed E-state index contributed by atoms with van der Waals surface area (Å²) < 4.78 is 5.77. The zero-order valence-corrected chi connectivity index (χ0v) is 15.2. The number of benzene rings is 2. The third-order valence-electron chi connectivity index (χ3n) is 3.80. The van der Waals surface area contributed by atoms with E-state index in [-0.39, 0.29) is 11.4 Å². The van der Waals surface area contributed by atoms with Gasteiger partial charge in [0.15, 0.2) is 0 Å². The van der Waals surface area contributed by atoms with E-state index in [1.54, 1.807) is 0 Å². The van der Waals surface area contributed by atoms with Crippen molar-refractivity contribution in [2.24, 2.45) is 5.10 Å². The van der Waals surface area contributed by atoms with Crippen molar-refractivity contribution in [3.05, 3.63) is 74.3 Å². The first kappa shape index (κ1) is 20.0. The van der Waals surface area contributed by atoms with E-state index in [0.717, 1.165) is 11.6 Å². The van der Waals surface area contributed by atoms with Crippen molar-refractivity contribution in [3.63, 3.8) is 0 Å². The van der Waals surface area contributed by atoms with E-state index in [4.69, 9.17) is 4.74 Å². The van der Waals surface area contributed by atoms with Gasteiger partial charge in [0.2, 0.25) is 0 Å². The molecule has 0 bridgehead atoms. The van der Waals surface area contributed by atoms with Gasteiger partial charge in [0.25, 0.3) is 5.69 Å². The molecule has 0 amide bonds. The second-order valence-corrected chi connectivity index (χ2v) is 6.10. The molecule has 27 heavy (non-hydrogen) atoms. The van der Waals surface area contributed by atoms with E-state index < -0.39 is 21.1 Å². The number of nitro groups is 2. The highest BCUT2D eigenvalue weighted by atomic mass is 16.6. The molecule has 0 radical (unpaired) electrons. The fraction of sp³-hybridized carbons (Fsp3) is 0.278. The van der Waals surface area contributed by atoms with Crippen molar-refractivity contribution >= 4 is 22.8 Å². The van der Waals surface area contributed by atoms with Crippen LogP contribution in [-0.2, 0) is 4.74 Å². The van der Waals surface area contributed by atoms with Gasteiger partial charge in [-0.1, -0.05) is 30.3 Å². The molecule has 0 aliphatic carbocycles. The van der Waals surface area contributed by atoms with Crippen molar-refractivity contribution in [1.82, 2.24) is 0 Å². The van der Waals surface area contributed by atoms with Gasteiger partial charge in [-0.25, -0.2) is 0 Å².